The van der Waals surface area contributed by atoms with Gasteiger partial charge in [-0.1, -0.05) is 12.6 Å². The summed E-state index contributed by atoms with van der Waals surface area (Å²) in [6.07, 6.45) is -5.75. The number of hydrogen-bond donors (Lipinski definition) is 2. The van der Waals surface area contributed by atoms with E-state index in [2.05, 4.69) is 11.9 Å². The van der Waals surface area contributed by atoms with Gasteiger partial charge in [0.05, 0.1) is 1.37 Å². The Labute approximate surface area is 118 Å². The Kier molecular flexibility index (Phi) is 1.59. The number of fused-ring (bicyclic) bond motifs is 1. The van der Waals surface area contributed by atoms with E-state index in [1.54, 1.807) is 12.1 Å². The van der Waals surface area contributed by atoms with E-state index >= 15 is 0 Å². The van der Waals surface area contributed by atoms with Crippen molar-refractivity contribution in [3.8, 4) is 0 Å². The molecule has 0 radical (unpaired) electrons. The van der Waals surface area contributed by atoms with Gasteiger partial charge in [-0.3, -0.25) is 9.59 Å². The number of anilines is 1. The Morgan fingerprint density at radius 3 is 3.05 bits per heavy atom. The third-order valence-electron chi connectivity index (χ3n) is 3.09. The molecule has 0 saturated carbocycles. The molecule has 5 heteroatoms. The zero-order valence-corrected chi connectivity index (χ0v) is 9.99. The Morgan fingerprint density at radius 1 is 1.53 bits per heavy atom. The molecule has 2 aliphatic heterocycles. The van der Waals surface area contributed by atoms with Crippen molar-refractivity contribution in [1.29, 1.82) is 0 Å². The van der Waals surface area contributed by atoms with Gasteiger partial charge in [0.15, 0.2) is 0 Å². The molecule has 1 aromatic rings. The Hall–Kier alpha value is -2.30. The van der Waals surface area contributed by atoms with Crippen LogP contribution in [0.5, 0.6) is 0 Å². The van der Waals surface area contributed by atoms with Crippen LogP contribution in [0.1, 0.15) is 35.5 Å². The molecule has 1 saturated heterocycles. The van der Waals surface area contributed by atoms with Crippen LogP contribution in [0.2, 0.25) is 0 Å². The van der Waals surface area contributed by atoms with Crippen LogP contribution in [-0.4, -0.2) is 22.7 Å². The second kappa shape index (κ2) is 4.12. The normalized spacial score (nSPS) is 35.5. The highest BCUT2D eigenvalue weighted by Crippen LogP contribution is 2.31. The summed E-state index contributed by atoms with van der Waals surface area (Å²) in [6.45, 7) is 3.07. The van der Waals surface area contributed by atoms with E-state index in [0.29, 0.717) is 10.5 Å². The number of hydrogen-bond acceptors (Lipinski definition) is 3. The molecule has 0 spiro atoms. The number of amides is 2. The Morgan fingerprint density at radius 2 is 2.32 bits per heavy atom. The quantitative estimate of drug-likeness (QED) is 0.742. The molecule has 0 aromatic heterocycles. The fraction of sp³-hybridized carbons (Fsp3) is 0.286. The first-order chi connectivity index (χ1) is 11.0. The minimum Gasteiger partial charge on any atom is -0.398 e. The maximum atomic E-state index is 12.6. The van der Waals surface area contributed by atoms with E-state index in [0.717, 1.165) is 0 Å². The van der Waals surface area contributed by atoms with Gasteiger partial charge in [0.1, 0.15) is 6.02 Å². The summed E-state index contributed by atoms with van der Waals surface area (Å²) >= 11 is 0. The molecule has 3 rings (SSSR count). The van der Waals surface area contributed by atoms with Crippen molar-refractivity contribution >= 4 is 17.5 Å². The summed E-state index contributed by atoms with van der Waals surface area (Å²) in [6, 6.07) is 1.77. The van der Waals surface area contributed by atoms with Gasteiger partial charge in [0.25, 0.3) is 5.91 Å². The number of allylic oxidation sites excluding steroid dienone is 1. The largest absolute Gasteiger partial charge is 0.398 e. The highest BCUT2D eigenvalue weighted by atomic mass is 16.2. The number of nitrogen functional groups attached to an aromatic ring is 1. The predicted octanol–water partition coefficient (Wildman–Crippen LogP) is 1.02. The molecule has 1 unspecified atom stereocenters. The number of piperidine rings is 1. The monoisotopic (exact) mass is 262 g/mol. The summed E-state index contributed by atoms with van der Waals surface area (Å²) < 4.78 is 40.5. The molecule has 1 atom stereocenters. The highest BCUT2D eigenvalue weighted by molar-refractivity contribution is 6.02. The maximum absolute atomic E-state index is 12.6. The van der Waals surface area contributed by atoms with Crippen molar-refractivity contribution < 1.29 is 16.4 Å². The molecule has 2 amide bonds. The van der Waals surface area contributed by atoms with Crippen LogP contribution < -0.4 is 11.1 Å². The molecule has 3 N–H and O–H groups in total. The fourth-order valence-corrected chi connectivity index (χ4v) is 2.15. The lowest BCUT2D eigenvalue weighted by atomic mass is 10.0. The van der Waals surface area contributed by atoms with E-state index in [9.17, 15) is 9.59 Å². The first-order valence-corrected chi connectivity index (χ1v) is 5.66. The molecular formula is C14H15N3O2. The molecule has 2 aliphatic rings. The molecule has 98 valence electrons. The lowest BCUT2D eigenvalue weighted by Gasteiger charge is -2.30. The van der Waals surface area contributed by atoms with Crippen LogP contribution in [0.4, 0.5) is 5.69 Å². The average Bonchev–Trinajstić information content (AvgIpc) is 2.84. The summed E-state index contributed by atoms with van der Waals surface area (Å²) in [5, 5.41) is 2.09. The molecule has 19 heavy (non-hydrogen) atoms. The van der Waals surface area contributed by atoms with Gasteiger partial charge in [-0.15, -0.1) is 0 Å². The number of carbonyl (C=O) groups is 2. The SMILES string of the molecule is [2H]C1([2H])C(=C)NC(=O)C([2H])(N2Cc3c(N)cccc3C2=O)C1([2H])[2H]. The Bertz CT molecular complexity index is 795. The number of nitrogens with one attached hydrogen (secondary N) is 1. The molecule has 0 bridgehead atoms. The van der Waals surface area contributed by atoms with E-state index < -0.39 is 36.3 Å². The fourth-order valence-electron chi connectivity index (χ4n) is 2.15. The van der Waals surface area contributed by atoms with Crippen molar-refractivity contribution in [2.24, 2.45) is 0 Å². The van der Waals surface area contributed by atoms with Crippen molar-refractivity contribution in [3.05, 3.63) is 41.6 Å². The van der Waals surface area contributed by atoms with Crippen molar-refractivity contribution in [1.82, 2.24) is 10.2 Å². The van der Waals surface area contributed by atoms with Crippen molar-refractivity contribution in [2.45, 2.75) is 25.3 Å². The van der Waals surface area contributed by atoms with E-state index in [1.807, 2.05) is 0 Å². The number of benzene rings is 1. The van der Waals surface area contributed by atoms with Crippen molar-refractivity contribution in [3.63, 3.8) is 0 Å². The van der Waals surface area contributed by atoms with Gasteiger partial charge >= 0.3 is 0 Å². The molecule has 0 aliphatic carbocycles. The van der Waals surface area contributed by atoms with Crippen molar-refractivity contribution in [2.75, 3.05) is 5.73 Å². The minimum atomic E-state index is -3.02. The molecule has 2 heterocycles. The maximum Gasteiger partial charge on any atom is 0.255 e. The van der Waals surface area contributed by atoms with E-state index in [1.165, 1.54) is 6.07 Å². The van der Waals surface area contributed by atoms with E-state index in [-0.39, 0.29) is 17.8 Å². The molecule has 1 aromatic carbocycles. The summed E-state index contributed by atoms with van der Waals surface area (Å²) in [5.74, 6) is -1.89. The summed E-state index contributed by atoms with van der Waals surface area (Å²) in [5.41, 5.74) is 6.20. The third kappa shape index (κ3) is 1.78. The Balaban J connectivity index is 2.15. The van der Waals surface area contributed by atoms with Crippen LogP contribution in [0, 0.1) is 0 Å². The second-order valence-electron chi connectivity index (χ2n) is 4.30. The lowest BCUT2D eigenvalue weighted by Crippen LogP contribution is -2.49. The highest BCUT2D eigenvalue weighted by Gasteiger charge is 2.38. The predicted molar refractivity (Wildman–Crippen MR) is 71.0 cm³/mol. The van der Waals surface area contributed by atoms with Gasteiger partial charge < -0.3 is 16.0 Å². The number of rotatable bonds is 1. The number of nitrogens with zero attached hydrogens (tertiary/aromatic N) is 1. The standard InChI is InChI=1S/C14H15N3O2/c1-8-5-6-12(13(18)16-8)17-7-10-9(14(17)19)3-2-4-11(10)15/h2-4,12H,1,5-7,15H2,(H,16,18)/i5D2,6D2,12D. The zero-order valence-electron chi connectivity index (χ0n) is 15.0. The van der Waals surface area contributed by atoms with Gasteiger partial charge in [-0.05, 0) is 24.9 Å². The zero-order chi connectivity index (χ0) is 18.1. The van der Waals surface area contributed by atoms with Crippen LogP contribution in [0.15, 0.2) is 30.5 Å². The number of nitrogens with two attached hydrogens (primary N) is 1. The minimum absolute atomic E-state index is 0.176. The lowest BCUT2D eigenvalue weighted by molar-refractivity contribution is -0.126. The summed E-state index contributed by atoms with van der Waals surface area (Å²) in [7, 11) is 0. The van der Waals surface area contributed by atoms with Gasteiger partial charge in [-0.25, -0.2) is 0 Å². The first kappa shape index (κ1) is 7.33. The third-order valence-corrected chi connectivity index (χ3v) is 3.09. The molecule has 5 nitrogen and oxygen atoms in total. The molecular weight excluding hydrogens is 242 g/mol. The van der Waals surface area contributed by atoms with Gasteiger partial charge in [0, 0.05) is 34.5 Å². The van der Waals surface area contributed by atoms with Crippen LogP contribution in [0.3, 0.4) is 0 Å². The first-order valence-electron chi connectivity index (χ1n) is 8.16. The average molecular weight is 262 g/mol. The summed E-state index contributed by atoms with van der Waals surface area (Å²) in [4.78, 5) is 25.8. The second-order valence-corrected chi connectivity index (χ2v) is 4.30. The van der Waals surface area contributed by atoms with E-state index in [4.69, 9.17) is 12.6 Å². The van der Waals surface area contributed by atoms with Gasteiger partial charge in [0.2, 0.25) is 5.91 Å². The van der Waals surface area contributed by atoms with Gasteiger partial charge in [-0.2, -0.15) is 0 Å². The topological polar surface area (TPSA) is 75.4 Å². The van der Waals surface area contributed by atoms with Crippen LogP contribution >= 0.6 is 0 Å². The van der Waals surface area contributed by atoms with Crippen LogP contribution in [0.25, 0.3) is 0 Å². The van der Waals surface area contributed by atoms with Crippen LogP contribution in [-0.2, 0) is 11.3 Å². The smallest absolute Gasteiger partial charge is 0.255 e. The molecule has 1 fully saturated rings. The number of carbonyl (C=O) groups excluding carboxylic acids is 2.